The fourth-order valence-corrected chi connectivity index (χ4v) is 4.89. The van der Waals surface area contributed by atoms with Gasteiger partial charge in [0, 0.05) is 43.5 Å². The maximum absolute atomic E-state index is 14.0. The van der Waals surface area contributed by atoms with Crippen molar-refractivity contribution in [2.45, 2.75) is 19.5 Å². The minimum atomic E-state index is -3.27. The van der Waals surface area contributed by atoms with Crippen LogP contribution in [0.3, 0.4) is 0 Å². The first kappa shape index (κ1) is 27.8. The van der Waals surface area contributed by atoms with Gasteiger partial charge < -0.3 is 15.5 Å². The lowest BCUT2D eigenvalue weighted by Gasteiger charge is -2.32. The molecule has 0 radical (unpaired) electrons. The summed E-state index contributed by atoms with van der Waals surface area (Å²) in [5.74, 6) is -0.851. The van der Waals surface area contributed by atoms with Crippen molar-refractivity contribution in [2.24, 2.45) is 5.10 Å². The lowest BCUT2D eigenvalue weighted by molar-refractivity contribution is -0.127. The summed E-state index contributed by atoms with van der Waals surface area (Å²) >= 11 is 0. The largest absolute Gasteiger partial charge is 0.370 e. The number of hydrogen-bond acceptors (Lipinski definition) is 7. The van der Waals surface area contributed by atoms with E-state index in [1.54, 1.807) is 12.1 Å². The molecule has 204 valence electrons. The van der Waals surface area contributed by atoms with Gasteiger partial charge in [-0.2, -0.15) is 10.1 Å². The Morgan fingerprint density at radius 2 is 1.59 bits per heavy atom. The van der Waals surface area contributed by atoms with Crippen LogP contribution in [0.4, 0.5) is 17.1 Å². The summed E-state index contributed by atoms with van der Waals surface area (Å²) in [5, 5.41) is 12.1. The molecule has 1 unspecified atom stereocenters. The van der Waals surface area contributed by atoms with Crippen LogP contribution in [0.15, 0.2) is 90.0 Å². The zero-order valence-electron chi connectivity index (χ0n) is 22.1. The average molecular weight is 549 g/mol. The number of rotatable bonds is 11. The molecular weight excluding hydrogens is 516 g/mol. The number of carbonyl (C=O) groups is 2. The number of nitrogens with zero attached hydrogens (tertiary/aromatic N) is 3. The van der Waals surface area contributed by atoms with E-state index in [2.05, 4.69) is 20.5 Å². The number of amides is 2. The van der Waals surface area contributed by atoms with Gasteiger partial charge in [-0.3, -0.25) is 9.59 Å². The van der Waals surface area contributed by atoms with E-state index >= 15 is 0 Å². The van der Waals surface area contributed by atoms with Crippen LogP contribution in [0.5, 0.6) is 0 Å². The summed E-state index contributed by atoms with van der Waals surface area (Å²) in [5.41, 5.74) is 1.42. The van der Waals surface area contributed by atoms with E-state index in [9.17, 15) is 18.0 Å². The normalized spacial score (nSPS) is 17.1. The van der Waals surface area contributed by atoms with E-state index in [0.717, 1.165) is 11.9 Å². The van der Waals surface area contributed by atoms with E-state index in [4.69, 9.17) is 0 Å². The Hall–Kier alpha value is -4.22. The smallest absolute Gasteiger partial charge is 0.300 e. The van der Waals surface area contributed by atoms with Crippen molar-refractivity contribution in [3.8, 4) is 0 Å². The predicted molar refractivity (Wildman–Crippen MR) is 154 cm³/mol. The molecule has 1 aliphatic heterocycles. The van der Waals surface area contributed by atoms with Crippen LogP contribution in [-0.2, 0) is 19.6 Å². The quantitative estimate of drug-likeness (QED) is 0.317. The highest BCUT2D eigenvalue weighted by Gasteiger charge is 2.53. The van der Waals surface area contributed by atoms with Crippen LogP contribution in [-0.4, -0.2) is 57.5 Å². The number of sulfonamides is 1. The van der Waals surface area contributed by atoms with Gasteiger partial charge in [-0.05, 0) is 43.3 Å². The van der Waals surface area contributed by atoms with Crippen LogP contribution in [0, 0.1) is 0 Å². The molecule has 0 spiro atoms. The summed E-state index contributed by atoms with van der Waals surface area (Å²) in [6.45, 7) is 4.78. The highest BCUT2D eigenvalue weighted by molar-refractivity contribution is 7.88. The molecule has 0 saturated carbocycles. The molecule has 0 bridgehead atoms. The second-order valence-corrected chi connectivity index (χ2v) is 10.9. The van der Waals surface area contributed by atoms with Crippen molar-refractivity contribution in [3.05, 3.63) is 90.5 Å². The van der Waals surface area contributed by atoms with E-state index in [-0.39, 0.29) is 6.54 Å². The van der Waals surface area contributed by atoms with Gasteiger partial charge in [0.15, 0.2) is 0 Å². The second-order valence-electron chi connectivity index (χ2n) is 9.12. The molecule has 1 aliphatic rings. The topological polar surface area (TPSA) is 123 Å². The van der Waals surface area contributed by atoms with Gasteiger partial charge >= 0.3 is 5.91 Å². The molecule has 0 aliphatic carbocycles. The number of likely N-dealkylation sites (N-methyl/N-ethyl adjacent to an activating group) is 1. The van der Waals surface area contributed by atoms with Gasteiger partial charge in [-0.25, -0.2) is 13.1 Å². The van der Waals surface area contributed by atoms with Crippen LogP contribution in [0.25, 0.3) is 0 Å². The third kappa shape index (κ3) is 6.44. The van der Waals surface area contributed by atoms with Crippen LogP contribution < -0.4 is 25.3 Å². The Kier molecular flexibility index (Phi) is 8.32. The minimum Gasteiger partial charge on any atom is -0.370 e. The zero-order valence-corrected chi connectivity index (χ0v) is 22.9. The third-order valence-electron chi connectivity index (χ3n) is 6.17. The van der Waals surface area contributed by atoms with Gasteiger partial charge in [0.2, 0.25) is 21.6 Å². The van der Waals surface area contributed by atoms with Crippen molar-refractivity contribution < 1.29 is 18.0 Å². The molecule has 3 N–H and O–H groups in total. The third-order valence-corrected chi connectivity index (χ3v) is 6.90. The summed E-state index contributed by atoms with van der Waals surface area (Å²) in [7, 11) is -3.27. The highest BCUT2D eigenvalue weighted by Crippen LogP contribution is 2.31. The van der Waals surface area contributed by atoms with Gasteiger partial charge in [0.1, 0.15) is 5.71 Å². The Morgan fingerprint density at radius 1 is 0.974 bits per heavy atom. The number of hydrazone groups is 1. The summed E-state index contributed by atoms with van der Waals surface area (Å²) < 4.78 is 25.3. The Labute approximate surface area is 228 Å². The monoisotopic (exact) mass is 548 g/mol. The molecule has 0 fully saturated rings. The van der Waals surface area contributed by atoms with Gasteiger partial charge in [-0.15, -0.1) is 0 Å². The zero-order chi connectivity index (χ0) is 28.0. The number of benzene rings is 3. The molecule has 1 atom stereocenters. The fraction of sp³-hybridized carbons (Fsp3) is 0.250. The molecule has 39 heavy (non-hydrogen) atoms. The first-order valence-electron chi connectivity index (χ1n) is 12.5. The van der Waals surface area contributed by atoms with Gasteiger partial charge in [0.25, 0.3) is 0 Å². The maximum Gasteiger partial charge on any atom is 0.300 e. The van der Waals surface area contributed by atoms with Crippen molar-refractivity contribution in [1.82, 2.24) is 10.0 Å². The average Bonchev–Trinajstić information content (AvgIpc) is 3.18. The molecule has 3 aromatic rings. The van der Waals surface area contributed by atoms with Crippen molar-refractivity contribution in [3.63, 3.8) is 0 Å². The van der Waals surface area contributed by atoms with Crippen LogP contribution in [0.1, 0.15) is 19.4 Å². The van der Waals surface area contributed by atoms with E-state index in [1.165, 1.54) is 11.9 Å². The van der Waals surface area contributed by atoms with Gasteiger partial charge in [-0.1, -0.05) is 48.5 Å². The Balaban J connectivity index is 1.68. The fourth-order valence-electron chi connectivity index (χ4n) is 4.42. The maximum atomic E-state index is 14.0. The molecule has 11 heteroatoms. The number of anilines is 3. The minimum absolute atomic E-state index is 0.277. The number of hydrogen-bond donors (Lipinski definition) is 3. The van der Waals surface area contributed by atoms with Crippen molar-refractivity contribution in [2.75, 3.05) is 41.1 Å². The number of nitrogens with one attached hydrogen (secondary N) is 3. The van der Waals surface area contributed by atoms with Gasteiger partial charge in [0.05, 0.1) is 11.9 Å². The van der Waals surface area contributed by atoms with E-state index < -0.39 is 27.5 Å². The van der Waals surface area contributed by atoms with E-state index in [1.807, 2.05) is 84.6 Å². The van der Waals surface area contributed by atoms with Crippen LogP contribution in [0.2, 0.25) is 0 Å². The number of para-hydroxylation sites is 1. The lowest BCUT2D eigenvalue weighted by Crippen LogP contribution is -2.64. The first-order valence-corrected chi connectivity index (χ1v) is 14.4. The highest BCUT2D eigenvalue weighted by atomic mass is 32.2. The van der Waals surface area contributed by atoms with E-state index in [0.29, 0.717) is 35.7 Å². The molecule has 3 aromatic carbocycles. The Bertz CT molecular complexity index is 1450. The summed E-state index contributed by atoms with van der Waals surface area (Å²) in [4.78, 5) is 28.6. The molecule has 2 amide bonds. The van der Waals surface area contributed by atoms with Crippen molar-refractivity contribution in [1.29, 1.82) is 0 Å². The number of carbonyl (C=O) groups excluding carboxylic acids is 2. The van der Waals surface area contributed by atoms with Crippen molar-refractivity contribution >= 4 is 44.6 Å². The lowest BCUT2D eigenvalue weighted by atomic mass is 9.95. The second kappa shape index (κ2) is 11.7. The first-order chi connectivity index (χ1) is 18.6. The molecule has 1 heterocycles. The molecule has 10 nitrogen and oxygen atoms in total. The SMILES string of the molecule is CCN(CCNS(C)(=O)=O)c1ccc(NC2(NC(C)=O)C(=O)N(c3ccccc3)N=C2c2ccccc2)cc1. The molecule has 0 aromatic heterocycles. The molecule has 4 rings (SSSR count). The van der Waals surface area contributed by atoms with Crippen LogP contribution >= 0.6 is 0 Å². The molecular formula is C28H32N6O4S. The molecule has 0 saturated heterocycles. The summed E-state index contributed by atoms with van der Waals surface area (Å²) in [6, 6.07) is 25.7. The summed E-state index contributed by atoms with van der Waals surface area (Å²) in [6.07, 6.45) is 1.13. The standard InChI is InChI=1S/C28H32N6O4S/c1-4-33(20-19-29-39(3,37)38)24-17-15-23(16-18-24)31-28(30-21(2)35)26(22-11-7-5-8-12-22)32-34(27(28)36)25-13-9-6-10-14-25/h5-18,29,31H,4,19-20H2,1-3H3,(H,30,35). The predicted octanol–water partition coefficient (Wildman–Crippen LogP) is 2.76. The Morgan fingerprint density at radius 3 is 2.15 bits per heavy atom.